The van der Waals surface area contributed by atoms with E-state index in [4.69, 9.17) is 18.9 Å². The fraction of sp³-hybridized carbons (Fsp3) is 0.621. The zero-order chi connectivity index (χ0) is 25.7. The van der Waals surface area contributed by atoms with Crippen molar-refractivity contribution in [1.82, 2.24) is 4.90 Å². The lowest BCUT2D eigenvalue weighted by atomic mass is 9.77. The van der Waals surface area contributed by atoms with Crippen LogP contribution in [0.1, 0.15) is 70.4 Å². The Kier molecular flexibility index (Phi) is 6.25. The SMILES string of the molecule is CC[C@](O)(CC#CC(C)(C)C)C(=O)O[C@@H]1C(OC)=C[C@]23CCCN2CCc2cc4c(cc2[C@H]13)OCO4. The first-order valence-corrected chi connectivity index (χ1v) is 13.0. The van der Waals surface area contributed by atoms with Crippen molar-refractivity contribution >= 4 is 5.97 Å². The summed E-state index contributed by atoms with van der Waals surface area (Å²) >= 11 is 0. The average Bonchev–Trinajstić information content (AvgIpc) is 3.51. The summed E-state index contributed by atoms with van der Waals surface area (Å²) in [7, 11) is 1.62. The van der Waals surface area contributed by atoms with Crippen molar-refractivity contribution in [2.45, 2.75) is 83.0 Å². The van der Waals surface area contributed by atoms with Crippen molar-refractivity contribution in [1.29, 1.82) is 0 Å². The molecule has 0 radical (unpaired) electrons. The van der Waals surface area contributed by atoms with Gasteiger partial charge in [-0.2, -0.15) is 0 Å². The van der Waals surface area contributed by atoms with E-state index in [1.54, 1.807) is 14.0 Å². The first-order chi connectivity index (χ1) is 17.1. The molecule has 0 unspecified atom stereocenters. The van der Waals surface area contributed by atoms with Gasteiger partial charge in [0.2, 0.25) is 6.79 Å². The zero-order valence-electron chi connectivity index (χ0n) is 22.0. The number of hydrogen-bond acceptors (Lipinski definition) is 7. The second-order valence-corrected chi connectivity index (χ2v) is 11.4. The third kappa shape index (κ3) is 4.14. The van der Waals surface area contributed by atoms with E-state index < -0.39 is 17.7 Å². The van der Waals surface area contributed by atoms with Gasteiger partial charge < -0.3 is 24.1 Å². The molecule has 194 valence electrons. The summed E-state index contributed by atoms with van der Waals surface area (Å²) in [6, 6.07) is 4.13. The number of ether oxygens (including phenoxy) is 4. The molecule has 1 aliphatic carbocycles. The number of hydrogen-bond donors (Lipinski definition) is 1. The van der Waals surface area contributed by atoms with Crippen LogP contribution < -0.4 is 9.47 Å². The van der Waals surface area contributed by atoms with Gasteiger partial charge in [-0.3, -0.25) is 4.90 Å². The summed E-state index contributed by atoms with van der Waals surface area (Å²) < 4.78 is 23.4. The minimum atomic E-state index is -1.69. The number of aliphatic hydroxyl groups is 1. The Bertz CT molecular complexity index is 1140. The number of benzene rings is 1. The molecule has 1 aromatic carbocycles. The molecular weight excluding hydrogens is 458 g/mol. The third-order valence-electron chi connectivity index (χ3n) is 8.01. The molecule has 1 aromatic rings. The lowest BCUT2D eigenvalue weighted by Gasteiger charge is -2.39. The Labute approximate surface area is 213 Å². The Morgan fingerprint density at radius 3 is 2.69 bits per heavy atom. The summed E-state index contributed by atoms with van der Waals surface area (Å²) in [6.07, 6.45) is 4.62. The lowest BCUT2D eigenvalue weighted by Crippen LogP contribution is -2.49. The second kappa shape index (κ2) is 9.00. The second-order valence-electron chi connectivity index (χ2n) is 11.4. The number of methoxy groups -OCH3 is 1. The summed E-state index contributed by atoms with van der Waals surface area (Å²) in [5.74, 6) is 7.40. The van der Waals surface area contributed by atoms with Crippen LogP contribution in [0, 0.1) is 17.3 Å². The van der Waals surface area contributed by atoms with E-state index in [2.05, 4.69) is 34.9 Å². The van der Waals surface area contributed by atoms with Crippen LogP contribution in [-0.4, -0.2) is 60.2 Å². The van der Waals surface area contributed by atoms with Gasteiger partial charge in [-0.15, -0.1) is 0 Å². The van der Waals surface area contributed by atoms with Crippen LogP contribution in [0.4, 0.5) is 0 Å². The highest BCUT2D eigenvalue weighted by Gasteiger charge is 2.58. The topological polar surface area (TPSA) is 77.5 Å². The number of esters is 1. The standard InChI is InChI=1S/C29H37NO6/c1-6-29(32,12-7-10-27(2,3)4)26(31)36-25-23(33-5)17-28-11-8-13-30(28)14-9-19-15-21-22(35-18-34-21)16-20(19)24(25)28/h15-17,24-25,32H,6,8-9,11-14,18H2,1-5H3/t24-,25-,28+,29+/m1/s1. The van der Waals surface area contributed by atoms with Crippen molar-refractivity contribution in [2.75, 3.05) is 27.0 Å². The molecule has 4 atom stereocenters. The molecule has 1 fully saturated rings. The fourth-order valence-electron chi connectivity index (χ4n) is 6.12. The van der Waals surface area contributed by atoms with Gasteiger partial charge in [0.1, 0.15) is 5.76 Å². The summed E-state index contributed by atoms with van der Waals surface area (Å²) in [5.41, 5.74) is 0.0460. The molecule has 1 saturated heterocycles. The monoisotopic (exact) mass is 495 g/mol. The number of carbonyl (C=O) groups excluding carboxylic acids is 1. The maximum Gasteiger partial charge on any atom is 0.339 e. The minimum absolute atomic E-state index is 0.0234. The van der Waals surface area contributed by atoms with Crippen LogP contribution in [-0.2, 0) is 20.7 Å². The van der Waals surface area contributed by atoms with Gasteiger partial charge in [0.05, 0.1) is 18.6 Å². The normalized spacial score (nSPS) is 28.0. The average molecular weight is 496 g/mol. The van der Waals surface area contributed by atoms with Crippen LogP contribution in [0.25, 0.3) is 0 Å². The Morgan fingerprint density at radius 1 is 1.25 bits per heavy atom. The van der Waals surface area contributed by atoms with E-state index in [-0.39, 0.29) is 36.5 Å². The van der Waals surface area contributed by atoms with Crippen molar-refractivity contribution in [3.05, 3.63) is 35.1 Å². The summed E-state index contributed by atoms with van der Waals surface area (Å²) in [6.45, 7) is 9.87. The Hall–Kier alpha value is -2.69. The van der Waals surface area contributed by atoms with Gasteiger partial charge in [0.25, 0.3) is 0 Å². The molecular formula is C29H37NO6. The smallest absolute Gasteiger partial charge is 0.339 e. The molecule has 36 heavy (non-hydrogen) atoms. The van der Waals surface area contributed by atoms with Crippen LogP contribution in [0.3, 0.4) is 0 Å². The molecule has 3 aliphatic heterocycles. The van der Waals surface area contributed by atoms with Gasteiger partial charge in [0.15, 0.2) is 23.2 Å². The van der Waals surface area contributed by atoms with Crippen LogP contribution in [0.2, 0.25) is 0 Å². The summed E-state index contributed by atoms with van der Waals surface area (Å²) in [5, 5.41) is 11.3. The van der Waals surface area contributed by atoms with E-state index in [1.165, 1.54) is 5.56 Å². The number of fused-ring (bicyclic) bond motifs is 3. The van der Waals surface area contributed by atoms with Crippen LogP contribution in [0.5, 0.6) is 11.5 Å². The Balaban J connectivity index is 1.52. The minimum Gasteiger partial charge on any atom is -0.497 e. The quantitative estimate of drug-likeness (QED) is 0.490. The van der Waals surface area contributed by atoms with Crippen LogP contribution in [0.15, 0.2) is 24.0 Å². The predicted molar refractivity (Wildman–Crippen MR) is 135 cm³/mol. The fourth-order valence-corrected chi connectivity index (χ4v) is 6.12. The molecule has 0 bridgehead atoms. The van der Waals surface area contributed by atoms with E-state index in [0.29, 0.717) is 11.5 Å². The number of rotatable bonds is 5. The first-order valence-electron chi connectivity index (χ1n) is 13.0. The van der Waals surface area contributed by atoms with Crippen molar-refractivity contribution in [2.24, 2.45) is 5.41 Å². The highest BCUT2D eigenvalue weighted by Crippen LogP contribution is 2.55. The van der Waals surface area contributed by atoms with Gasteiger partial charge in [0, 0.05) is 18.4 Å². The van der Waals surface area contributed by atoms with E-state index >= 15 is 0 Å². The largest absolute Gasteiger partial charge is 0.497 e. The predicted octanol–water partition coefficient (Wildman–Crippen LogP) is 3.93. The molecule has 1 spiro atoms. The van der Waals surface area contributed by atoms with Gasteiger partial charge in [-0.05, 0) is 82.3 Å². The molecule has 0 saturated carbocycles. The molecule has 7 heteroatoms. The summed E-state index contributed by atoms with van der Waals surface area (Å²) in [4.78, 5) is 16.0. The molecule has 4 aliphatic rings. The highest BCUT2D eigenvalue weighted by molar-refractivity contribution is 5.80. The van der Waals surface area contributed by atoms with Crippen LogP contribution >= 0.6 is 0 Å². The molecule has 0 aromatic heterocycles. The third-order valence-corrected chi connectivity index (χ3v) is 8.01. The van der Waals surface area contributed by atoms with Crippen molar-refractivity contribution < 1.29 is 28.8 Å². The molecule has 5 rings (SSSR count). The van der Waals surface area contributed by atoms with Crippen molar-refractivity contribution in [3.8, 4) is 23.3 Å². The molecule has 3 heterocycles. The maximum atomic E-state index is 13.5. The van der Waals surface area contributed by atoms with Gasteiger partial charge in [-0.25, -0.2) is 4.79 Å². The molecule has 0 amide bonds. The lowest BCUT2D eigenvalue weighted by molar-refractivity contribution is -0.172. The first kappa shape index (κ1) is 25.0. The van der Waals surface area contributed by atoms with E-state index in [1.807, 2.05) is 20.8 Å². The highest BCUT2D eigenvalue weighted by atomic mass is 16.7. The van der Waals surface area contributed by atoms with E-state index in [9.17, 15) is 9.90 Å². The Morgan fingerprint density at radius 2 is 2.00 bits per heavy atom. The molecule has 1 N–H and O–H groups in total. The van der Waals surface area contributed by atoms with Gasteiger partial charge >= 0.3 is 5.97 Å². The maximum absolute atomic E-state index is 13.5. The number of nitrogens with zero attached hydrogens (tertiary/aromatic N) is 1. The number of carbonyl (C=O) groups is 1. The van der Waals surface area contributed by atoms with Crippen molar-refractivity contribution in [3.63, 3.8) is 0 Å². The zero-order valence-corrected chi connectivity index (χ0v) is 22.0. The molecule has 7 nitrogen and oxygen atoms in total. The van der Waals surface area contributed by atoms with E-state index in [0.717, 1.165) is 43.7 Å². The van der Waals surface area contributed by atoms with Gasteiger partial charge in [-0.1, -0.05) is 18.8 Å².